The lowest BCUT2D eigenvalue weighted by Gasteiger charge is -2.10. The molecule has 0 saturated carbocycles. The normalized spacial score (nSPS) is 10.4. The molecule has 2 N–H and O–H groups in total. The summed E-state index contributed by atoms with van der Waals surface area (Å²) in [5.41, 5.74) is 2.80. The summed E-state index contributed by atoms with van der Waals surface area (Å²) in [7, 11) is 1.49. The van der Waals surface area contributed by atoms with E-state index in [1.807, 2.05) is 35.0 Å². The second-order valence-electron chi connectivity index (χ2n) is 4.55. The summed E-state index contributed by atoms with van der Waals surface area (Å²) in [6, 6.07) is 9.57. The van der Waals surface area contributed by atoms with Crippen molar-refractivity contribution in [1.82, 2.24) is 9.78 Å². The number of amides is 1. The molecule has 0 spiro atoms. The smallest absolute Gasteiger partial charge is 0.250 e. The van der Waals surface area contributed by atoms with Crippen LogP contribution in [0.4, 0.5) is 11.4 Å². The lowest BCUT2D eigenvalue weighted by molar-refractivity contribution is -0.119. The molecule has 0 bridgehead atoms. The van der Waals surface area contributed by atoms with E-state index in [0.29, 0.717) is 6.54 Å². The van der Waals surface area contributed by atoms with Crippen molar-refractivity contribution >= 4 is 17.3 Å². The van der Waals surface area contributed by atoms with Gasteiger partial charge in [-0.05, 0) is 31.2 Å². The molecule has 0 aliphatic heterocycles. The highest BCUT2D eigenvalue weighted by atomic mass is 16.5. The number of benzene rings is 1. The number of ether oxygens (including phenoxy) is 1. The molecule has 6 nitrogen and oxygen atoms in total. The Hall–Kier alpha value is -2.34. The SMILES string of the molecule is CCn1nccc1CNc1cccc(NC(=O)COC)c1. The summed E-state index contributed by atoms with van der Waals surface area (Å²) < 4.78 is 6.73. The van der Waals surface area contributed by atoms with Crippen molar-refractivity contribution in [3.63, 3.8) is 0 Å². The van der Waals surface area contributed by atoms with Crippen molar-refractivity contribution in [3.8, 4) is 0 Å². The standard InChI is InChI=1S/C15H20N4O2/c1-3-19-14(7-8-17-19)10-16-12-5-4-6-13(9-12)18-15(20)11-21-2/h4-9,16H,3,10-11H2,1-2H3,(H,18,20). The maximum atomic E-state index is 11.5. The zero-order chi connectivity index (χ0) is 15.1. The molecule has 0 aliphatic rings. The minimum Gasteiger partial charge on any atom is -0.379 e. The molecule has 0 atom stereocenters. The topological polar surface area (TPSA) is 68.2 Å². The van der Waals surface area contributed by atoms with Crippen molar-refractivity contribution in [2.75, 3.05) is 24.4 Å². The van der Waals surface area contributed by atoms with Gasteiger partial charge in [0.25, 0.3) is 0 Å². The summed E-state index contributed by atoms with van der Waals surface area (Å²) in [5, 5.41) is 10.3. The molecule has 1 aromatic carbocycles. The molecule has 0 radical (unpaired) electrons. The first-order chi connectivity index (χ1) is 10.2. The predicted molar refractivity (Wildman–Crippen MR) is 82.2 cm³/mol. The fraction of sp³-hybridized carbons (Fsp3) is 0.333. The molecule has 0 saturated heterocycles. The van der Waals surface area contributed by atoms with Crippen LogP contribution in [-0.4, -0.2) is 29.4 Å². The fourth-order valence-corrected chi connectivity index (χ4v) is 2.02. The Balaban J connectivity index is 1.96. The van der Waals surface area contributed by atoms with Gasteiger partial charge in [-0.1, -0.05) is 6.07 Å². The molecule has 0 fully saturated rings. The molecule has 0 aliphatic carbocycles. The number of hydrogen-bond acceptors (Lipinski definition) is 4. The van der Waals surface area contributed by atoms with Crippen molar-refractivity contribution in [2.24, 2.45) is 0 Å². The monoisotopic (exact) mass is 288 g/mol. The quantitative estimate of drug-likeness (QED) is 0.818. The average Bonchev–Trinajstić information content (AvgIpc) is 2.93. The van der Waals surface area contributed by atoms with Crippen molar-refractivity contribution in [3.05, 3.63) is 42.2 Å². The van der Waals surface area contributed by atoms with Gasteiger partial charge < -0.3 is 15.4 Å². The first kappa shape index (κ1) is 15.1. The van der Waals surface area contributed by atoms with Gasteiger partial charge in [-0.2, -0.15) is 5.10 Å². The number of carbonyl (C=O) groups excluding carboxylic acids is 1. The summed E-state index contributed by atoms with van der Waals surface area (Å²) >= 11 is 0. The molecular weight excluding hydrogens is 268 g/mol. The molecule has 2 rings (SSSR count). The Kier molecular flexibility index (Phi) is 5.34. The van der Waals surface area contributed by atoms with Gasteiger partial charge in [0.15, 0.2) is 0 Å². The number of aromatic nitrogens is 2. The van der Waals surface area contributed by atoms with Gasteiger partial charge in [0, 0.05) is 31.2 Å². The van der Waals surface area contributed by atoms with Gasteiger partial charge in [0.1, 0.15) is 6.61 Å². The van der Waals surface area contributed by atoms with Crippen LogP contribution in [0.1, 0.15) is 12.6 Å². The number of carbonyl (C=O) groups is 1. The van der Waals surface area contributed by atoms with Crippen LogP contribution in [0.3, 0.4) is 0 Å². The van der Waals surface area contributed by atoms with Crippen LogP contribution in [0.2, 0.25) is 0 Å². The average molecular weight is 288 g/mol. The van der Waals surface area contributed by atoms with Crippen molar-refractivity contribution < 1.29 is 9.53 Å². The number of aryl methyl sites for hydroxylation is 1. The highest BCUT2D eigenvalue weighted by Gasteiger charge is 2.03. The summed E-state index contributed by atoms with van der Waals surface area (Å²) in [6.45, 7) is 3.64. The molecule has 2 aromatic rings. The molecule has 1 aromatic heterocycles. The third-order valence-corrected chi connectivity index (χ3v) is 3.00. The maximum Gasteiger partial charge on any atom is 0.250 e. The van der Waals surface area contributed by atoms with Crippen molar-refractivity contribution in [1.29, 1.82) is 0 Å². The Bertz CT molecular complexity index is 595. The Morgan fingerprint density at radius 1 is 1.33 bits per heavy atom. The highest BCUT2D eigenvalue weighted by molar-refractivity contribution is 5.92. The summed E-state index contributed by atoms with van der Waals surface area (Å²) in [4.78, 5) is 11.5. The number of nitrogens with one attached hydrogen (secondary N) is 2. The van der Waals surface area contributed by atoms with Crippen LogP contribution >= 0.6 is 0 Å². The summed E-state index contributed by atoms with van der Waals surface area (Å²) in [6.07, 6.45) is 1.79. The van der Waals surface area contributed by atoms with Crippen LogP contribution < -0.4 is 10.6 Å². The number of rotatable bonds is 7. The molecule has 1 heterocycles. The van der Waals surface area contributed by atoms with Gasteiger partial charge in [-0.15, -0.1) is 0 Å². The second kappa shape index (κ2) is 7.44. The van der Waals surface area contributed by atoms with Gasteiger partial charge in [-0.25, -0.2) is 0 Å². The lowest BCUT2D eigenvalue weighted by atomic mass is 10.2. The number of nitrogens with zero attached hydrogens (tertiary/aromatic N) is 2. The Labute approximate surface area is 124 Å². The zero-order valence-corrected chi connectivity index (χ0v) is 12.3. The van der Waals surface area contributed by atoms with Crippen LogP contribution in [0, 0.1) is 0 Å². The van der Waals surface area contributed by atoms with Crippen LogP contribution in [-0.2, 0) is 22.6 Å². The van der Waals surface area contributed by atoms with E-state index < -0.39 is 0 Å². The Morgan fingerprint density at radius 3 is 2.90 bits per heavy atom. The Morgan fingerprint density at radius 2 is 2.14 bits per heavy atom. The molecule has 6 heteroatoms. The van der Waals surface area contributed by atoms with E-state index in [-0.39, 0.29) is 12.5 Å². The van der Waals surface area contributed by atoms with Crippen LogP contribution in [0.15, 0.2) is 36.5 Å². The fourth-order valence-electron chi connectivity index (χ4n) is 2.02. The van der Waals surface area contributed by atoms with Crippen LogP contribution in [0.5, 0.6) is 0 Å². The molecule has 0 unspecified atom stereocenters. The number of anilines is 2. The molecular formula is C15H20N4O2. The molecule has 112 valence electrons. The first-order valence-electron chi connectivity index (χ1n) is 6.86. The van der Waals surface area contributed by atoms with E-state index >= 15 is 0 Å². The third-order valence-electron chi connectivity index (χ3n) is 3.00. The van der Waals surface area contributed by atoms with E-state index in [2.05, 4.69) is 22.7 Å². The minimum atomic E-state index is -0.168. The minimum absolute atomic E-state index is 0.0489. The van der Waals surface area contributed by atoms with Crippen molar-refractivity contribution in [2.45, 2.75) is 20.0 Å². The van der Waals surface area contributed by atoms with E-state index in [1.54, 1.807) is 6.20 Å². The first-order valence-corrected chi connectivity index (χ1v) is 6.86. The van der Waals surface area contributed by atoms with Gasteiger partial charge in [0.2, 0.25) is 5.91 Å². The van der Waals surface area contributed by atoms with Gasteiger partial charge in [0.05, 0.1) is 12.2 Å². The second-order valence-corrected chi connectivity index (χ2v) is 4.55. The van der Waals surface area contributed by atoms with E-state index in [1.165, 1.54) is 7.11 Å². The predicted octanol–water partition coefficient (Wildman–Crippen LogP) is 2.10. The number of methoxy groups -OCH3 is 1. The maximum absolute atomic E-state index is 11.5. The molecule has 21 heavy (non-hydrogen) atoms. The third kappa shape index (κ3) is 4.32. The van der Waals surface area contributed by atoms with E-state index in [0.717, 1.165) is 23.6 Å². The molecule has 1 amide bonds. The zero-order valence-electron chi connectivity index (χ0n) is 12.3. The van der Waals surface area contributed by atoms with E-state index in [4.69, 9.17) is 4.74 Å². The lowest BCUT2D eigenvalue weighted by Crippen LogP contribution is -2.17. The van der Waals surface area contributed by atoms with Gasteiger partial charge >= 0.3 is 0 Å². The van der Waals surface area contributed by atoms with E-state index in [9.17, 15) is 4.79 Å². The van der Waals surface area contributed by atoms with Crippen LogP contribution in [0.25, 0.3) is 0 Å². The summed E-state index contributed by atoms with van der Waals surface area (Å²) in [5.74, 6) is -0.168. The largest absolute Gasteiger partial charge is 0.379 e. The number of hydrogen-bond donors (Lipinski definition) is 2. The highest BCUT2D eigenvalue weighted by Crippen LogP contribution is 2.16. The van der Waals surface area contributed by atoms with Gasteiger partial charge in [-0.3, -0.25) is 9.48 Å².